The number of hydrogen-bond donors (Lipinski definition) is 1. The summed E-state index contributed by atoms with van der Waals surface area (Å²) < 4.78 is 0. The molecule has 94 valence electrons. The molecule has 0 atom stereocenters. The fourth-order valence-corrected chi connectivity index (χ4v) is 1.96. The maximum absolute atomic E-state index is 5.84. The molecule has 0 unspecified atom stereocenters. The SMILES string of the molecule is CCc1nc(N)cc(N(CC2CC2)C(C)C)n1. The third-order valence-electron chi connectivity index (χ3n) is 3.16. The third kappa shape index (κ3) is 3.08. The van der Waals surface area contributed by atoms with E-state index < -0.39 is 0 Å². The summed E-state index contributed by atoms with van der Waals surface area (Å²) in [6.07, 6.45) is 3.53. The number of nitrogens with two attached hydrogens (primary N) is 1. The van der Waals surface area contributed by atoms with Gasteiger partial charge in [0.25, 0.3) is 0 Å². The predicted octanol–water partition coefficient (Wildman–Crippen LogP) is 2.25. The maximum atomic E-state index is 5.84. The zero-order valence-corrected chi connectivity index (χ0v) is 11.0. The van der Waals surface area contributed by atoms with Crippen LogP contribution in [0.3, 0.4) is 0 Å². The highest BCUT2D eigenvalue weighted by atomic mass is 15.2. The fraction of sp³-hybridized carbons (Fsp3) is 0.692. The highest BCUT2D eigenvalue weighted by Gasteiger charge is 2.26. The van der Waals surface area contributed by atoms with Crippen LogP contribution in [0.4, 0.5) is 11.6 Å². The molecule has 2 N–H and O–H groups in total. The summed E-state index contributed by atoms with van der Waals surface area (Å²) in [6, 6.07) is 2.34. The molecule has 1 fully saturated rings. The molecular formula is C13H22N4. The maximum Gasteiger partial charge on any atom is 0.134 e. The molecule has 0 spiro atoms. The summed E-state index contributed by atoms with van der Waals surface area (Å²) in [4.78, 5) is 11.2. The minimum absolute atomic E-state index is 0.453. The topological polar surface area (TPSA) is 55.0 Å². The van der Waals surface area contributed by atoms with Crippen molar-refractivity contribution in [2.45, 2.75) is 46.1 Å². The van der Waals surface area contributed by atoms with Crippen LogP contribution in [0.15, 0.2) is 6.07 Å². The van der Waals surface area contributed by atoms with Crippen LogP contribution in [-0.2, 0) is 6.42 Å². The second kappa shape index (κ2) is 4.90. The van der Waals surface area contributed by atoms with Gasteiger partial charge in [-0.2, -0.15) is 0 Å². The van der Waals surface area contributed by atoms with Crippen molar-refractivity contribution in [2.75, 3.05) is 17.2 Å². The average molecular weight is 234 g/mol. The van der Waals surface area contributed by atoms with E-state index in [1.165, 1.54) is 12.8 Å². The lowest BCUT2D eigenvalue weighted by molar-refractivity contribution is 0.634. The molecule has 0 aliphatic heterocycles. The van der Waals surface area contributed by atoms with Crippen molar-refractivity contribution in [3.63, 3.8) is 0 Å². The molecule has 1 heterocycles. The minimum Gasteiger partial charge on any atom is -0.384 e. The molecule has 1 aliphatic carbocycles. The van der Waals surface area contributed by atoms with E-state index in [1.54, 1.807) is 0 Å². The zero-order valence-electron chi connectivity index (χ0n) is 11.0. The van der Waals surface area contributed by atoms with Gasteiger partial charge in [-0.25, -0.2) is 9.97 Å². The molecule has 0 bridgehead atoms. The Morgan fingerprint density at radius 1 is 1.41 bits per heavy atom. The Balaban J connectivity index is 2.23. The van der Waals surface area contributed by atoms with Crippen LogP contribution in [0.2, 0.25) is 0 Å². The van der Waals surface area contributed by atoms with Crippen LogP contribution in [0, 0.1) is 5.92 Å². The number of nitrogens with zero attached hydrogens (tertiary/aromatic N) is 3. The van der Waals surface area contributed by atoms with E-state index in [-0.39, 0.29) is 0 Å². The van der Waals surface area contributed by atoms with Gasteiger partial charge in [0.2, 0.25) is 0 Å². The van der Waals surface area contributed by atoms with Crippen molar-refractivity contribution < 1.29 is 0 Å². The van der Waals surface area contributed by atoms with Gasteiger partial charge in [0, 0.05) is 25.1 Å². The minimum atomic E-state index is 0.453. The van der Waals surface area contributed by atoms with Crippen LogP contribution < -0.4 is 10.6 Å². The molecule has 1 aromatic heterocycles. The van der Waals surface area contributed by atoms with E-state index in [0.717, 1.165) is 30.5 Å². The molecule has 4 nitrogen and oxygen atoms in total. The lowest BCUT2D eigenvalue weighted by atomic mass is 10.2. The van der Waals surface area contributed by atoms with E-state index in [0.29, 0.717) is 11.9 Å². The van der Waals surface area contributed by atoms with Crippen LogP contribution >= 0.6 is 0 Å². The largest absolute Gasteiger partial charge is 0.384 e. The Bertz CT molecular complexity index is 385. The Morgan fingerprint density at radius 3 is 2.65 bits per heavy atom. The van der Waals surface area contributed by atoms with Gasteiger partial charge in [0.05, 0.1) is 0 Å². The molecule has 1 aromatic rings. The van der Waals surface area contributed by atoms with Crippen molar-refractivity contribution in [2.24, 2.45) is 5.92 Å². The number of aromatic nitrogens is 2. The Morgan fingerprint density at radius 2 is 2.12 bits per heavy atom. The van der Waals surface area contributed by atoms with Gasteiger partial charge < -0.3 is 10.6 Å². The smallest absolute Gasteiger partial charge is 0.134 e. The molecule has 0 amide bonds. The second-order valence-electron chi connectivity index (χ2n) is 5.11. The third-order valence-corrected chi connectivity index (χ3v) is 3.16. The van der Waals surface area contributed by atoms with Gasteiger partial charge in [0.15, 0.2) is 0 Å². The van der Waals surface area contributed by atoms with Crippen LogP contribution in [0.25, 0.3) is 0 Å². The fourth-order valence-electron chi connectivity index (χ4n) is 1.96. The Hall–Kier alpha value is -1.32. The van der Waals surface area contributed by atoms with Crippen molar-refractivity contribution in [3.05, 3.63) is 11.9 Å². The molecule has 0 saturated heterocycles. The lowest BCUT2D eigenvalue weighted by Crippen LogP contribution is -2.33. The highest BCUT2D eigenvalue weighted by molar-refractivity contribution is 5.47. The van der Waals surface area contributed by atoms with E-state index >= 15 is 0 Å². The van der Waals surface area contributed by atoms with E-state index in [9.17, 15) is 0 Å². The molecule has 17 heavy (non-hydrogen) atoms. The van der Waals surface area contributed by atoms with Crippen LogP contribution in [0.5, 0.6) is 0 Å². The molecule has 0 aromatic carbocycles. The van der Waals surface area contributed by atoms with E-state index in [2.05, 4.69) is 35.6 Å². The first kappa shape index (κ1) is 12.1. The highest BCUT2D eigenvalue weighted by Crippen LogP contribution is 2.32. The van der Waals surface area contributed by atoms with Gasteiger partial charge in [-0.05, 0) is 32.6 Å². The van der Waals surface area contributed by atoms with E-state index in [4.69, 9.17) is 5.73 Å². The number of aryl methyl sites for hydroxylation is 1. The number of anilines is 2. The van der Waals surface area contributed by atoms with Gasteiger partial charge >= 0.3 is 0 Å². The summed E-state index contributed by atoms with van der Waals surface area (Å²) in [5.74, 6) is 3.24. The summed E-state index contributed by atoms with van der Waals surface area (Å²) >= 11 is 0. The van der Waals surface area contributed by atoms with E-state index in [1.807, 2.05) is 6.07 Å². The first-order valence-electron chi connectivity index (χ1n) is 6.50. The number of hydrogen-bond acceptors (Lipinski definition) is 4. The molecule has 1 aliphatic rings. The number of nitrogen functional groups attached to an aromatic ring is 1. The normalized spacial score (nSPS) is 15.3. The summed E-state index contributed by atoms with van der Waals surface area (Å²) in [5, 5.41) is 0. The van der Waals surface area contributed by atoms with Crippen molar-refractivity contribution in [3.8, 4) is 0 Å². The lowest BCUT2D eigenvalue weighted by Gasteiger charge is -2.28. The van der Waals surface area contributed by atoms with Gasteiger partial charge in [0.1, 0.15) is 17.5 Å². The second-order valence-corrected chi connectivity index (χ2v) is 5.11. The molecule has 4 heteroatoms. The predicted molar refractivity (Wildman–Crippen MR) is 71.0 cm³/mol. The molecular weight excluding hydrogens is 212 g/mol. The molecule has 0 radical (unpaired) electrons. The first-order chi connectivity index (χ1) is 8.10. The average Bonchev–Trinajstić information content (AvgIpc) is 3.08. The van der Waals surface area contributed by atoms with Crippen molar-refractivity contribution in [1.29, 1.82) is 0 Å². The first-order valence-corrected chi connectivity index (χ1v) is 6.50. The van der Waals surface area contributed by atoms with Crippen molar-refractivity contribution >= 4 is 11.6 Å². The van der Waals surface area contributed by atoms with Gasteiger partial charge in [-0.15, -0.1) is 0 Å². The van der Waals surface area contributed by atoms with Crippen LogP contribution in [-0.4, -0.2) is 22.6 Å². The van der Waals surface area contributed by atoms with Crippen LogP contribution in [0.1, 0.15) is 39.4 Å². The number of rotatable bonds is 5. The standard InChI is InChI=1S/C13H22N4/c1-4-12-15-11(14)7-13(16-12)17(9(2)3)8-10-5-6-10/h7,9-10H,4-6,8H2,1-3H3,(H2,14,15,16). The summed E-state index contributed by atoms with van der Waals surface area (Å²) in [5.41, 5.74) is 5.84. The molecule has 1 saturated carbocycles. The summed E-state index contributed by atoms with van der Waals surface area (Å²) in [7, 11) is 0. The van der Waals surface area contributed by atoms with Gasteiger partial charge in [-0.1, -0.05) is 6.92 Å². The van der Waals surface area contributed by atoms with Gasteiger partial charge in [-0.3, -0.25) is 0 Å². The Labute approximate surface area is 103 Å². The monoisotopic (exact) mass is 234 g/mol. The zero-order chi connectivity index (χ0) is 12.4. The molecule has 2 rings (SSSR count). The quantitative estimate of drug-likeness (QED) is 0.849. The van der Waals surface area contributed by atoms with Crippen molar-refractivity contribution in [1.82, 2.24) is 9.97 Å². The Kier molecular flexibility index (Phi) is 3.50. The summed E-state index contributed by atoms with van der Waals surface area (Å²) in [6.45, 7) is 7.55.